The lowest BCUT2D eigenvalue weighted by Crippen LogP contribution is -2.30. The zero-order valence-corrected chi connectivity index (χ0v) is 23.0. The number of pyridine rings is 1. The van der Waals surface area contributed by atoms with Crippen LogP contribution in [0.15, 0.2) is 80.0 Å². The summed E-state index contributed by atoms with van der Waals surface area (Å²) in [4.78, 5) is 6.96. The van der Waals surface area contributed by atoms with Crippen LogP contribution in [0.25, 0.3) is 22.2 Å². The molecule has 0 radical (unpaired) electrons. The molecule has 2 aromatic heterocycles. The van der Waals surface area contributed by atoms with Crippen molar-refractivity contribution >= 4 is 33.5 Å². The van der Waals surface area contributed by atoms with Crippen molar-refractivity contribution in [2.75, 3.05) is 23.3 Å². The summed E-state index contributed by atoms with van der Waals surface area (Å²) in [5.41, 5.74) is 9.89. The highest BCUT2D eigenvalue weighted by atomic mass is 15.2. The maximum Gasteiger partial charge on any atom is 0.116 e. The molecule has 6 heteroatoms. The van der Waals surface area contributed by atoms with Crippen LogP contribution in [0.3, 0.4) is 0 Å². The molecule has 0 amide bonds. The first-order valence-corrected chi connectivity index (χ1v) is 13.5. The monoisotopic (exact) mass is 508 g/mol. The van der Waals surface area contributed by atoms with Gasteiger partial charge in [-0.25, -0.2) is 0 Å². The van der Waals surface area contributed by atoms with Gasteiger partial charge in [-0.3, -0.25) is 10.1 Å². The van der Waals surface area contributed by atoms with Crippen LogP contribution in [0.4, 0.5) is 11.4 Å². The number of hydrogen-bond donors (Lipinski definition) is 3. The van der Waals surface area contributed by atoms with Gasteiger partial charge in [-0.2, -0.15) is 5.10 Å². The minimum atomic E-state index is 0.732. The molecule has 1 aliphatic rings. The number of hydrogen-bond acceptors (Lipinski definition) is 5. The molecule has 1 aromatic carbocycles. The summed E-state index contributed by atoms with van der Waals surface area (Å²) in [5.74, 6) is 0. The zero-order chi connectivity index (χ0) is 27.1. The lowest BCUT2D eigenvalue weighted by molar-refractivity contribution is 0.576. The van der Waals surface area contributed by atoms with Crippen molar-refractivity contribution in [2.45, 2.75) is 52.9 Å². The van der Waals surface area contributed by atoms with Crippen LogP contribution in [0.2, 0.25) is 0 Å². The molecule has 3 heterocycles. The standard InChI is InChI=1S/C32H40N6/c1-7-13-22(4)34-27(9-3)18-25(8-2)26-14-15-29-28(19-26)32(37-36-29)24(6)35-30-20-33-21-31(23(30)5)38-16-11-10-12-17-38/h8-9,14-15,18-21,34-35H,3-4,6-7,10-13,16-17H2,1-2,5H3,(H,36,37)/b25-8+,27-18+. The van der Waals surface area contributed by atoms with Gasteiger partial charge in [-0.15, -0.1) is 0 Å². The number of benzene rings is 1. The summed E-state index contributed by atoms with van der Waals surface area (Å²) in [6, 6.07) is 6.32. The van der Waals surface area contributed by atoms with Gasteiger partial charge in [0.25, 0.3) is 0 Å². The third-order valence-electron chi connectivity index (χ3n) is 7.07. The molecule has 1 saturated heterocycles. The van der Waals surface area contributed by atoms with Crippen molar-refractivity contribution in [3.63, 3.8) is 0 Å². The number of fused-ring (bicyclic) bond motifs is 1. The highest BCUT2D eigenvalue weighted by Crippen LogP contribution is 2.31. The fourth-order valence-electron chi connectivity index (χ4n) is 4.95. The highest BCUT2D eigenvalue weighted by Gasteiger charge is 2.17. The normalized spacial score (nSPS) is 14.4. The molecule has 0 atom stereocenters. The zero-order valence-electron chi connectivity index (χ0n) is 23.0. The van der Waals surface area contributed by atoms with E-state index in [0.29, 0.717) is 0 Å². The second-order valence-electron chi connectivity index (χ2n) is 9.84. The number of nitrogens with one attached hydrogen (secondary N) is 3. The van der Waals surface area contributed by atoms with Gasteiger partial charge in [-0.05, 0) is 80.5 Å². The van der Waals surface area contributed by atoms with Gasteiger partial charge in [0.2, 0.25) is 0 Å². The Morgan fingerprint density at radius 2 is 1.95 bits per heavy atom. The Labute approximate surface area is 226 Å². The fraction of sp³-hybridized carbons (Fsp3) is 0.312. The first-order valence-electron chi connectivity index (χ1n) is 13.5. The summed E-state index contributed by atoms with van der Waals surface area (Å²) in [5, 5.41) is 15.6. The molecule has 0 bridgehead atoms. The molecular weight excluding hydrogens is 468 g/mol. The predicted octanol–water partition coefficient (Wildman–Crippen LogP) is 7.72. The Morgan fingerprint density at radius 3 is 2.66 bits per heavy atom. The molecular formula is C32H40N6. The average molecular weight is 509 g/mol. The Hall–Kier alpha value is -4.06. The highest BCUT2D eigenvalue weighted by molar-refractivity contribution is 5.95. The van der Waals surface area contributed by atoms with Crippen molar-refractivity contribution in [1.82, 2.24) is 20.5 Å². The van der Waals surface area contributed by atoms with Crippen LogP contribution in [0.1, 0.15) is 62.8 Å². The lowest BCUT2D eigenvalue weighted by atomic mass is 10.0. The lowest BCUT2D eigenvalue weighted by Gasteiger charge is -2.30. The summed E-state index contributed by atoms with van der Waals surface area (Å²) in [6.45, 7) is 20.9. The Morgan fingerprint density at radius 1 is 1.16 bits per heavy atom. The van der Waals surface area contributed by atoms with Gasteiger partial charge >= 0.3 is 0 Å². The van der Waals surface area contributed by atoms with Gasteiger partial charge in [0, 0.05) is 29.9 Å². The van der Waals surface area contributed by atoms with E-state index in [1.54, 1.807) is 0 Å². The predicted molar refractivity (Wildman–Crippen MR) is 163 cm³/mol. The molecule has 198 valence electrons. The van der Waals surface area contributed by atoms with Crippen molar-refractivity contribution in [3.05, 3.63) is 96.8 Å². The largest absolute Gasteiger partial charge is 0.370 e. The number of H-pyrrole nitrogens is 1. The number of anilines is 2. The third-order valence-corrected chi connectivity index (χ3v) is 7.07. The minimum absolute atomic E-state index is 0.732. The SMILES string of the molecule is C=C/C(=C\C(=C/C)c1ccc2[nH]nc(C(=C)Nc3cncc(N4CCCCC4)c3C)c2c1)NC(=C)CCC. The van der Waals surface area contributed by atoms with E-state index in [1.807, 2.05) is 25.4 Å². The van der Waals surface area contributed by atoms with Gasteiger partial charge in [-0.1, -0.05) is 45.2 Å². The van der Waals surface area contributed by atoms with Gasteiger partial charge in [0.05, 0.1) is 35.0 Å². The topological polar surface area (TPSA) is 68.9 Å². The van der Waals surface area contributed by atoms with Crippen LogP contribution in [0.5, 0.6) is 0 Å². The summed E-state index contributed by atoms with van der Waals surface area (Å²) < 4.78 is 0. The summed E-state index contributed by atoms with van der Waals surface area (Å²) in [7, 11) is 0. The van der Waals surface area contributed by atoms with E-state index in [0.717, 1.165) is 76.4 Å². The van der Waals surface area contributed by atoms with E-state index in [1.165, 1.54) is 30.5 Å². The van der Waals surface area contributed by atoms with Gasteiger partial charge in [0.1, 0.15) is 5.69 Å². The molecule has 1 fully saturated rings. The Bertz CT molecular complexity index is 1380. The average Bonchev–Trinajstić information content (AvgIpc) is 3.36. The van der Waals surface area contributed by atoms with Crippen molar-refractivity contribution in [1.29, 1.82) is 0 Å². The Kier molecular flexibility index (Phi) is 8.85. The van der Waals surface area contributed by atoms with Crippen molar-refractivity contribution in [2.24, 2.45) is 0 Å². The molecule has 0 saturated carbocycles. The number of aromatic amines is 1. The third kappa shape index (κ3) is 6.08. The van der Waals surface area contributed by atoms with E-state index in [2.05, 4.69) is 94.7 Å². The molecule has 0 unspecified atom stereocenters. The smallest absolute Gasteiger partial charge is 0.116 e. The molecule has 38 heavy (non-hydrogen) atoms. The minimum Gasteiger partial charge on any atom is -0.370 e. The maximum atomic E-state index is 4.60. The van der Waals surface area contributed by atoms with Gasteiger partial charge in [0.15, 0.2) is 0 Å². The second kappa shape index (κ2) is 12.5. The summed E-state index contributed by atoms with van der Waals surface area (Å²) in [6.07, 6.45) is 15.6. The van der Waals surface area contributed by atoms with E-state index in [9.17, 15) is 0 Å². The molecule has 6 nitrogen and oxygen atoms in total. The molecule has 0 spiro atoms. The number of allylic oxidation sites excluding steroid dienone is 5. The van der Waals surface area contributed by atoms with Crippen LogP contribution in [-0.2, 0) is 0 Å². The molecule has 0 aliphatic carbocycles. The molecule has 1 aliphatic heterocycles. The number of aromatic nitrogens is 3. The Balaban J connectivity index is 1.60. The fourth-order valence-corrected chi connectivity index (χ4v) is 4.95. The molecule has 3 N–H and O–H groups in total. The van der Waals surface area contributed by atoms with Crippen LogP contribution < -0.4 is 15.5 Å². The first kappa shape index (κ1) is 27.0. The van der Waals surface area contributed by atoms with Crippen LogP contribution in [0, 0.1) is 6.92 Å². The maximum absolute atomic E-state index is 4.60. The number of piperidine rings is 1. The van der Waals surface area contributed by atoms with E-state index in [-0.39, 0.29) is 0 Å². The molecule has 3 aromatic rings. The van der Waals surface area contributed by atoms with E-state index >= 15 is 0 Å². The number of nitrogens with zero attached hydrogens (tertiary/aromatic N) is 3. The van der Waals surface area contributed by atoms with Crippen molar-refractivity contribution in [3.8, 4) is 0 Å². The molecule has 4 rings (SSSR count). The summed E-state index contributed by atoms with van der Waals surface area (Å²) >= 11 is 0. The van der Waals surface area contributed by atoms with Crippen LogP contribution in [-0.4, -0.2) is 28.3 Å². The van der Waals surface area contributed by atoms with E-state index in [4.69, 9.17) is 0 Å². The van der Waals surface area contributed by atoms with E-state index < -0.39 is 0 Å². The second-order valence-corrected chi connectivity index (χ2v) is 9.84. The van der Waals surface area contributed by atoms with Crippen molar-refractivity contribution < 1.29 is 0 Å². The van der Waals surface area contributed by atoms with Crippen LogP contribution >= 0.6 is 0 Å². The number of rotatable bonds is 11. The van der Waals surface area contributed by atoms with Gasteiger partial charge < -0.3 is 15.5 Å². The first-order chi connectivity index (χ1) is 18.4. The quantitative estimate of drug-likeness (QED) is 0.231.